The average Bonchev–Trinajstić information content (AvgIpc) is 2.53. The molecule has 0 saturated carbocycles. The Balaban J connectivity index is 1.89. The molecule has 1 aromatic heterocycles. The van der Waals surface area contributed by atoms with E-state index in [1.165, 1.54) is 9.88 Å². The van der Waals surface area contributed by atoms with E-state index in [0.29, 0.717) is 0 Å². The zero-order valence-corrected chi connectivity index (χ0v) is 8.64. The summed E-state index contributed by atoms with van der Waals surface area (Å²) in [6, 6.07) is 0. The Morgan fingerprint density at radius 1 is 1.54 bits per heavy atom. The van der Waals surface area contributed by atoms with Crippen LogP contribution in [0.2, 0.25) is 0 Å². The first kappa shape index (κ1) is 9.12. The number of hydrogen-bond acceptors (Lipinski definition) is 4. The molecule has 1 fully saturated rings. The molecule has 1 aliphatic heterocycles. The smallest absolute Gasteiger partial charge is 0.107 e. The van der Waals surface area contributed by atoms with Crippen LogP contribution >= 0.6 is 11.3 Å². The third-order valence-electron chi connectivity index (χ3n) is 2.13. The van der Waals surface area contributed by atoms with E-state index < -0.39 is 0 Å². The molecule has 13 heavy (non-hydrogen) atoms. The second-order valence-electron chi connectivity index (χ2n) is 3.25. The van der Waals surface area contributed by atoms with E-state index in [0.717, 1.165) is 32.8 Å². The molecular weight excluding hydrogens is 184 g/mol. The molecule has 0 atom stereocenters. The largest absolute Gasteiger partial charge is 0.379 e. The highest BCUT2D eigenvalue weighted by molar-refractivity contribution is 7.11. The summed E-state index contributed by atoms with van der Waals surface area (Å²) in [6.07, 6.45) is 1.94. The van der Waals surface area contributed by atoms with E-state index in [9.17, 15) is 0 Å². The van der Waals surface area contributed by atoms with Crippen molar-refractivity contribution in [2.24, 2.45) is 0 Å². The predicted octanol–water partition coefficient (Wildman–Crippen LogP) is 1.28. The highest BCUT2D eigenvalue weighted by Crippen LogP contribution is 2.13. The van der Waals surface area contributed by atoms with Gasteiger partial charge in [-0.1, -0.05) is 0 Å². The number of hydrogen-bond donors (Lipinski definition) is 0. The molecule has 0 N–H and O–H groups in total. The molecule has 0 aromatic carbocycles. The summed E-state index contributed by atoms with van der Waals surface area (Å²) in [7, 11) is 0. The molecule has 3 nitrogen and oxygen atoms in total. The second kappa shape index (κ2) is 4.17. The van der Waals surface area contributed by atoms with Gasteiger partial charge in [-0.15, -0.1) is 11.3 Å². The Hall–Kier alpha value is -0.450. The van der Waals surface area contributed by atoms with Gasteiger partial charge in [0, 0.05) is 24.2 Å². The minimum Gasteiger partial charge on any atom is -0.379 e. The Morgan fingerprint density at radius 3 is 2.92 bits per heavy atom. The molecule has 0 radical (unpaired) electrons. The summed E-state index contributed by atoms with van der Waals surface area (Å²) in [5.74, 6) is 0. The summed E-state index contributed by atoms with van der Waals surface area (Å²) in [5, 5.41) is 1.22. The number of morpholine rings is 1. The Morgan fingerprint density at radius 2 is 2.31 bits per heavy atom. The van der Waals surface area contributed by atoms with Crippen molar-refractivity contribution in [1.82, 2.24) is 9.88 Å². The molecule has 2 rings (SSSR count). The number of nitrogens with zero attached hydrogens (tertiary/aromatic N) is 2. The predicted molar refractivity (Wildman–Crippen MR) is 52.9 cm³/mol. The van der Waals surface area contributed by atoms with Gasteiger partial charge in [-0.25, -0.2) is 4.98 Å². The maximum atomic E-state index is 5.28. The van der Waals surface area contributed by atoms with Gasteiger partial charge in [-0.05, 0) is 6.92 Å². The molecule has 0 aliphatic carbocycles. The van der Waals surface area contributed by atoms with Crippen molar-refractivity contribution in [1.29, 1.82) is 0 Å². The van der Waals surface area contributed by atoms with Gasteiger partial charge in [0.25, 0.3) is 0 Å². The number of rotatable bonds is 2. The van der Waals surface area contributed by atoms with Gasteiger partial charge in [0.05, 0.1) is 19.8 Å². The lowest BCUT2D eigenvalue weighted by Gasteiger charge is -2.25. The van der Waals surface area contributed by atoms with Crippen LogP contribution in [-0.4, -0.2) is 36.2 Å². The van der Waals surface area contributed by atoms with Crippen LogP contribution in [-0.2, 0) is 11.3 Å². The summed E-state index contributed by atoms with van der Waals surface area (Å²) in [4.78, 5) is 8.03. The van der Waals surface area contributed by atoms with Crippen LogP contribution in [0.3, 0.4) is 0 Å². The highest BCUT2D eigenvalue weighted by Gasteiger charge is 2.11. The lowest BCUT2D eigenvalue weighted by molar-refractivity contribution is 0.0341. The molecule has 1 saturated heterocycles. The summed E-state index contributed by atoms with van der Waals surface area (Å²) >= 11 is 1.79. The van der Waals surface area contributed by atoms with Gasteiger partial charge >= 0.3 is 0 Å². The number of thiazole rings is 1. The fourth-order valence-corrected chi connectivity index (χ4v) is 2.25. The summed E-state index contributed by atoms with van der Waals surface area (Å²) in [6.45, 7) is 6.90. The van der Waals surface area contributed by atoms with E-state index in [2.05, 4.69) is 16.8 Å². The van der Waals surface area contributed by atoms with Crippen LogP contribution in [0, 0.1) is 6.92 Å². The third kappa shape index (κ3) is 2.49. The SMILES string of the molecule is Cc1cnc(CN2CCOCC2)s1. The van der Waals surface area contributed by atoms with E-state index >= 15 is 0 Å². The van der Waals surface area contributed by atoms with Gasteiger partial charge in [0.1, 0.15) is 5.01 Å². The van der Waals surface area contributed by atoms with Crippen LogP contribution in [0.1, 0.15) is 9.88 Å². The lowest BCUT2D eigenvalue weighted by Crippen LogP contribution is -2.35. The molecule has 2 heterocycles. The van der Waals surface area contributed by atoms with Crippen molar-refractivity contribution in [3.05, 3.63) is 16.1 Å². The van der Waals surface area contributed by atoms with Gasteiger partial charge in [-0.3, -0.25) is 4.90 Å². The summed E-state index contributed by atoms with van der Waals surface area (Å²) < 4.78 is 5.28. The van der Waals surface area contributed by atoms with Crippen molar-refractivity contribution in [2.75, 3.05) is 26.3 Å². The standard InChI is InChI=1S/C9H14N2OS/c1-8-6-10-9(13-8)7-11-2-4-12-5-3-11/h6H,2-5,7H2,1H3. The minimum absolute atomic E-state index is 0.865. The van der Waals surface area contributed by atoms with Gasteiger partial charge in [0.2, 0.25) is 0 Å². The number of aryl methyl sites for hydroxylation is 1. The van der Waals surface area contributed by atoms with Crippen molar-refractivity contribution in [3.8, 4) is 0 Å². The molecule has 1 aromatic rings. The first-order valence-corrected chi connectivity index (χ1v) is 5.37. The summed E-state index contributed by atoms with van der Waals surface area (Å²) in [5.41, 5.74) is 0. The molecule has 0 bridgehead atoms. The molecule has 0 amide bonds. The molecule has 1 aliphatic rings. The quantitative estimate of drug-likeness (QED) is 0.716. The van der Waals surface area contributed by atoms with Crippen molar-refractivity contribution >= 4 is 11.3 Å². The zero-order chi connectivity index (χ0) is 9.10. The maximum Gasteiger partial charge on any atom is 0.107 e. The van der Waals surface area contributed by atoms with Gasteiger partial charge in [-0.2, -0.15) is 0 Å². The lowest BCUT2D eigenvalue weighted by atomic mass is 10.4. The van der Waals surface area contributed by atoms with Crippen LogP contribution in [0.15, 0.2) is 6.20 Å². The van der Waals surface area contributed by atoms with Crippen LogP contribution < -0.4 is 0 Å². The van der Waals surface area contributed by atoms with Crippen LogP contribution in [0.5, 0.6) is 0 Å². The van der Waals surface area contributed by atoms with Crippen molar-refractivity contribution < 1.29 is 4.74 Å². The number of ether oxygens (including phenoxy) is 1. The average molecular weight is 198 g/mol. The first-order valence-electron chi connectivity index (χ1n) is 4.56. The monoisotopic (exact) mass is 198 g/mol. The Labute approximate surface area is 82.3 Å². The highest BCUT2D eigenvalue weighted by atomic mass is 32.1. The van der Waals surface area contributed by atoms with Crippen molar-refractivity contribution in [3.63, 3.8) is 0 Å². The van der Waals surface area contributed by atoms with Crippen molar-refractivity contribution in [2.45, 2.75) is 13.5 Å². The Kier molecular flexibility index (Phi) is 2.93. The van der Waals surface area contributed by atoms with E-state index in [4.69, 9.17) is 4.74 Å². The first-order chi connectivity index (χ1) is 6.34. The topological polar surface area (TPSA) is 25.4 Å². The van der Waals surface area contributed by atoms with Crippen LogP contribution in [0.4, 0.5) is 0 Å². The molecule has 0 spiro atoms. The Bertz CT molecular complexity index is 268. The van der Waals surface area contributed by atoms with E-state index in [1.54, 1.807) is 11.3 Å². The van der Waals surface area contributed by atoms with Gasteiger partial charge in [0.15, 0.2) is 0 Å². The number of aromatic nitrogens is 1. The second-order valence-corrected chi connectivity index (χ2v) is 4.57. The zero-order valence-electron chi connectivity index (χ0n) is 7.82. The van der Waals surface area contributed by atoms with E-state index in [1.807, 2.05) is 6.20 Å². The third-order valence-corrected chi connectivity index (χ3v) is 3.03. The molecule has 72 valence electrons. The normalized spacial score (nSPS) is 19.2. The fraction of sp³-hybridized carbons (Fsp3) is 0.667. The fourth-order valence-electron chi connectivity index (χ4n) is 1.43. The van der Waals surface area contributed by atoms with Gasteiger partial charge < -0.3 is 4.74 Å². The maximum absolute atomic E-state index is 5.28. The molecule has 0 unspecified atom stereocenters. The minimum atomic E-state index is 0.865. The van der Waals surface area contributed by atoms with E-state index in [-0.39, 0.29) is 0 Å². The molecule has 4 heteroatoms. The molecular formula is C9H14N2OS. The van der Waals surface area contributed by atoms with Crippen LogP contribution in [0.25, 0.3) is 0 Å².